The number of carbonyl (C=O) groups is 5. The molecule has 0 bridgehead atoms. The lowest BCUT2D eigenvalue weighted by molar-refractivity contribution is -0.127. The number of Topliss-reactive ketones (excluding diaryl/α,β-unsaturated/α-hetero) is 2. The Balaban J connectivity index is 1.48. The van der Waals surface area contributed by atoms with Crippen molar-refractivity contribution in [3.8, 4) is 0 Å². The lowest BCUT2D eigenvalue weighted by Gasteiger charge is -2.27. The lowest BCUT2D eigenvalue weighted by atomic mass is 9.77. The number of hydrogen-bond acceptors (Lipinski definition) is 7. The number of anilines is 1. The van der Waals surface area contributed by atoms with E-state index >= 15 is 0 Å². The molecule has 3 aromatic carbocycles. The topological polar surface area (TPSA) is 107 Å². The summed E-state index contributed by atoms with van der Waals surface area (Å²) in [5.74, 6) is -5.76. The summed E-state index contributed by atoms with van der Waals surface area (Å²) in [7, 11) is 0. The van der Waals surface area contributed by atoms with Crippen molar-refractivity contribution in [3.05, 3.63) is 100 Å². The number of ketones is 2. The van der Waals surface area contributed by atoms with Crippen LogP contribution < -0.4 is 4.90 Å². The molecule has 0 radical (unpaired) electrons. The summed E-state index contributed by atoms with van der Waals surface area (Å²) in [6.45, 7) is 1.88. The van der Waals surface area contributed by atoms with E-state index in [2.05, 4.69) is 0 Å². The van der Waals surface area contributed by atoms with Gasteiger partial charge < -0.3 is 9.47 Å². The molecule has 3 aliphatic rings. The predicted octanol–water partition coefficient (Wildman–Crippen LogP) is 4.21. The van der Waals surface area contributed by atoms with Crippen LogP contribution in [0.3, 0.4) is 0 Å². The van der Waals surface area contributed by atoms with Crippen LogP contribution in [0.1, 0.15) is 49.7 Å². The van der Waals surface area contributed by atoms with Gasteiger partial charge in [0.15, 0.2) is 0 Å². The summed E-state index contributed by atoms with van der Waals surface area (Å²) in [6.07, 6.45) is -1.11. The smallest absolute Gasteiger partial charge is 0.338 e. The van der Waals surface area contributed by atoms with E-state index in [1.807, 2.05) is 0 Å². The second-order valence-electron chi connectivity index (χ2n) is 9.28. The van der Waals surface area contributed by atoms with E-state index in [4.69, 9.17) is 21.1 Å². The van der Waals surface area contributed by atoms with Crippen LogP contribution in [0, 0.1) is 11.8 Å². The van der Waals surface area contributed by atoms with E-state index in [0.717, 1.165) is 4.90 Å². The van der Waals surface area contributed by atoms with Crippen LogP contribution in [0.25, 0.3) is 0 Å². The van der Waals surface area contributed by atoms with Gasteiger partial charge in [-0.3, -0.25) is 19.2 Å². The number of halogens is 1. The molecule has 2 heterocycles. The molecule has 0 aromatic heterocycles. The predicted molar refractivity (Wildman–Crippen MR) is 135 cm³/mol. The van der Waals surface area contributed by atoms with Gasteiger partial charge in [0.1, 0.15) is 0 Å². The molecule has 1 aliphatic carbocycles. The molecule has 2 fully saturated rings. The maximum atomic E-state index is 14.0. The molecule has 2 saturated heterocycles. The van der Waals surface area contributed by atoms with Crippen molar-refractivity contribution in [3.63, 3.8) is 0 Å². The Bertz CT molecular complexity index is 1510. The minimum absolute atomic E-state index is 0.147. The Morgan fingerprint density at radius 2 is 1.50 bits per heavy atom. The zero-order valence-electron chi connectivity index (χ0n) is 20.1. The molecule has 38 heavy (non-hydrogen) atoms. The molecular formula is C29H20ClNO7. The molecule has 8 nitrogen and oxygen atoms in total. The average Bonchev–Trinajstić information content (AvgIpc) is 3.49. The fourth-order valence-corrected chi connectivity index (χ4v) is 5.96. The van der Waals surface area contributed by atoms with Crippen LogP contribution in [0.5, 0.6) is 0 Å². The second-order valence-corrected chi connectivity index (χ2v) is 9.69. The summed E-state index contributed by atoms with van der Waals surface area (Å²) in [5, 5.41) is 0.279. The third-order valence-electron chi connectivity index (χ3n) is 7.37. The van der Waals surface area contributed by atoms with Crippen LogP contribution in [0.2, 0.25) is 5.02 Å². The van der Waals surface area contributed by atoms with Crippen molar-refractivity contribution in [1.29, 1.82) is 0 Å². The molecule has 1 spiro atoms. The molecule has 2 amide bonds. The number of esters is 1. The molecular weight excluding hydrogens is 510 g/mol. The maximum Gasteiger partial charge on any atom is 0.338 e. The molecule has 9 heteroatoms. The fourth-order valence-electron chi connectivity index (χ4n) is 5.72. The lowest BCUT2D eigenvalue weighted by Crippen LogP contribution is -2.51. The number of amides is 2. The van der Waals surface area contributed by atoms with Crippen LogP contribution in [-0.4, -0.2) is 41.6 Å². The van der Waals surface area contributed by atoms with E-state index in [0.29, 0.717) is 5.56 Å². The molecule has 3 atom stereocenters. The summed E-state index contributed by atoms with van der Waals surface area (Å²) < 4.78 is 11.2. The molecule has 0 unspecified atom stereocenters. The highest BCUT2D eigenvalue weighted by Crippen LogP contribution is 2.58. The standard InChI is InChI=1S/C29H20ClNO7/c1-2-37-28(36)15-11-13-16(14-12-15)31-26(34)21-22(27(31)35)29(38-23(21)19-9-5-6-10-20(19)30)24(32)17-7-3-4-8-18(17)25(29)33/h3-14,21-23H,2H2,1H3/t21-,22-,23+/m0/s1. The van der Waals surface area contributed by atoms with Gasteiger partial charge in [0, 0.05) is 21.7 Å². The number of benzene rings is 3. The van der Waals surface area contributed by atoms with Crippen LogP contribution in [0.4, 0.5) is 5.69 Å². The monoisotopic (exact) mass is 529 g/mol. The summed E-state index contributed by atoms with van der Waals surface area (Å²) in [5.41, 5.74) is -1.05. The first kappa shape index (κ1) is 24.2. The van der Waals surface area contributed by atoms with Gasteiger partial charge in [0.25, 0.3) is 0 Å². The number of rotatable bonds is 4. The van der Waals surface area contributed by atoms with Crippen molar-refractivity contribution < 1.29 is 33.4 Å². The van der Waals surface area contributed by atoms with Crippen molar-refractivity contribution in [2.75, 3.05) is 11.5 Å². The first-order valence-electron chi connectivity index (χ1n) is 12.1. The molecule has 190 valence electrons. The van der Waals surface area contributed by atoms with Gasteiger partial charge in [-0.05, 0) is 37.3 Å². The van der Waals surface area contributed by atoms with Crippen molar-refractivity contribution in [2.24, 2.45) is 11.8 Å². The molecule has 0 saturated carbocycles. The largest absolute Gasteiger partial charge is 0.462 e. The van der Waals surface area contributed by atoms with Gasteiger partial charge in [0.2, 0.25) is 29.0 Å². The summed E-state index contributed by atoms with van der Waals surface area (Å²) >= 11 is 6.46. The number of ether oxygens (including phenoxy) is 2. The average molecular weight is 530 g/mol. The third kappa shape index (κ3) is 3.17. The number of hydrogen-bond donors (Lipinski definition) is 0. The SMILES string of the molecule is CCOC(=O)c1ccc(N2C(=O)[C@@H]3[C@@H](c4ccccc4Cl)OC4(C(=O)c5ccccc5C4=O)[C@@H]3C2=O)cc1. The minimum Gasteiger partial charge on any atom is -0.462 e. The van der Waals surface area contributed by atoms with Crippen molar-refractivity contribution >= 4 is 46.6 Å². The first-order chi connectivity index (χ1) is 18.3. The third-order valence-corrected chi connectivity index (χ3v) is 7.71. The second kappa shape index (κ2) is 8.72. The highest BCUT2D eigenvalue weighted by Gasteiger charge is 2.74. The van der Waals surface area contributed by atoms with Crippen molar-refractivity contribution in [2.45, 2.75) is 18.6 Å². The van der Waals surface area contributed by atoms with Gasteiger partial charge in [-0.25, -0.2) is 9.69 Å². The van der Waals surface area contributed by atoms with Crippen molar-refractivity contribution in [1.82, 2.24) is 0 Å². The Morgan fingerprint density at radius 1 is 0.895 bits per heavy atom. The summed E-state index contributed by atoms with van der Waals surface area (Å²) in [6, 6.07) is 18.7. The van der Waals surface area contributed by atoms with Gasteiger partial charge in [-0.2, -0.15) is 0 Å². The van der Waals surface area contributed by atoms with E-state index in [1.165, 1.54) is 36.4 Å². The number of nitrogens with zero attached hydrogens (tertiary/aromatic N) is 1. The Kier molecular flexibility index (Phi) is 5.55. The van der Waals surface area contributed by atoms with Crippen LogP contribution in [0.15, 0.2) is 72.8 Å². The number of carbonyl (C=O) groups excluding carboxylic acids is 5. The van der Waals surface area contributed by atoms with Gasteiger partial charge in [0.05, 0.1) is 35.8 Å². The van der Waals surface area contributed by atoms with E-state index in [-0.39, 0.29) is 34.0 Å². The maximum absolute atomic E-state index is 14.0. The molecule has 3 aromatic rings. The molecule has 0 N–H and O–H groups in total. The zero-order chi connectivity index (χ0) is 26.8. The number of fused-ring (bicyclic) bond motifs is 3. The summed E-state index contributed by atoms with van der Waals surface area (Å²) in [4.78, 5) is 68.5. The quantitative estimate of drug-likeness (QED) is 0.283. The fraction of sp³-hybridized carbons (Fsp3) is 0.207. The zero-order valence-corrected chi connectivity index (χ0v) is 20.8. The highest BCUT2D eigenvalue weighted by molar-refractivity contribution is 6.37. The van der Waals surface area contributed by atoms with Gasteiger partial charge >= 0.3 is 5.97 Å². The van der Waals surface area contributed by atoms with Crippen LogP contribution in [-0.2, 0) is 19.1 Å². The Labute approximate surface area is 222 Å². The van der Waals surface area contributed by atoms with Gasteiger partial charge in [-0.1, -0.05) is 54.1 Å². The van der Waals surface area contributed by atoms with Gasteiger partial charge in [-0.15, -0.1) is 0 Å². The van der Waals surface area contributed by atoms with Crippen LogP contribution >= 0.6 is 11.6 Å². The first-order valence-corrected chi connectivity index (χ1v) is 12.4. The highest BCUT2D eigenvalue weighted by atomic mass is 35.5. The minimum atomic E-state index is -2.19. The molecule has 2 aliphatic heterocycles. The van der Waals surface area contributed by atoms with E-state index in [1.54, 1.807) is 43.3 Å². The number of imide groups is 1. The Morgan fingerprint density at radius 3 is 2.11 bits per heavy atom. The van der Waals surface area contributed by atoms with E-state index < -0.39 is 52.9 Å². The molecule has 6 rings (SSSR count). The Hall–Kier alpha value is -4.14. The normalized spacial score (nSPS) is 23.2. The van der Waals surface area contributed by atoms with E-state index in [9.17, 15) is 24.0 Å².